The van der Waals surface area contributed by atoms with Crippen LogP contribution in [0.1, 0.15) is 23.6 Å². The number of hydrogen-bond acceptors (Lipinski definition) is 2. The molecule has 20 heavy (non-hydrogen) atoms. The number of hydrogen-bond donors (Lipinski definition) is 2. The molecule has 0 heterocycles. The molecular formula is C17H20FNO. The summed E-state index contributed by atoms with van der Waals surface area (Å²) in [4.78, 5) is 0. The van der Waals surface area contributed by atoms with Crippen molar-refractivity contribution >= 4 is 5.69 Å². The van der Waals surface area contributed by atoms with Gasteiger partial charge in [0.25, 0.3) is 0 Å². The average molecular weight is 273 g/mol. The fraction of sp³-hybridized carbons (Fsp3) is 0.294. The molecule has 0 aliphatic heterocycles. The molecule has 0 aliphatic rings. The van der Waals surface area contributed by atoms with Crippen LogP contribution in [0.15, 0.2) is 42.5 Å². The van der Waals surface area contributed by atoms with Crippen molar-refractivity contribution in [2.45, 2.75) is 26.3 Å². The van der Waals surface area contributed by atoms with Gasteiger partial charge in [-0.15, -0.1) is 0 Å². The molecule has 0 aromatic heterocycles. The lowest BCUT2D eigenvalue weighted by Gasteiger charge is -2.32. The first-order valence-corrected chi connectivity index (χ1v) is 6.67. The third kappa shape index (κ3) is 2.83. The van der Waals surface area contributed by atoms with Gasteiger partial charge in [0, 0.05) is 0 Å². The Labute approximate surface area is 119 Å². The van der Waals surface area contributed by atoms with E-state index in [1.807, 2.05) is 39.0 Å². The number of rotatable bonds is 4. The average Bonchev–Trinajstić information content (AvgIpc) is 2.44. The number of anilines is 1. The van der Waals surface area contributed by atoms with Crippen LogP contribution in [0, 0.1) is 19.7 Å². The first kappa shape index (κ1) is 14.5. The van der Waals surface area contributed by atoms with Crippen molar-refractivity contribution in [2.24, 2.45) is 0 Å². The molecule has 2 N–H and O–H groups in total. The predicted octanol–water partition coefficient (Wildman–Crippen LogP) is 3.76. The second-order valence-corrected chi connectivity index (χ2v) is 5.41. The maximum Gasteiger partial charge on any atom is 0.146 e. The van der Waals surface area contributed by atoms with Gasteiger partial charge in [0.05, 0.1) is 17.8 Å². The lowest BCUT2D eigenvalue weighted by Crippen LogP contribution is -2.37. The van der Waals surface area contributed by atoms with Crippen LogP contribution in [-0.4, -0.2) is 11.7 Å². The Morgan fingerprint density at radius 2 is 1.85 bits per heavy atom. The van der Waals surface area contributed by atoms with Crippen molar-refractivity contribution in [3.8, 4) is 0 Å². The molecule has 1 unspecified atom stereocenters. The van der Waals surface area contributed by atoms with Crippen LogP contribution in [0.2, 0.25) is 0 Å². The summed E-state index contributed by atoms with van der Waals surface area (Å²) in [6, 6.07) is 12.6. The van der Waals surface area contributed by atoms with E-state index in [1.165, 1.54) is 6.07 Å². The fourth-order valence-electron chi connectivity index (χ4n) is 2.38. The minimum absolute atomic E-state index is 0.119. The van der Waals surface area contributed by atoms with Gasteiger partial charge >= 0.3 is 0 Å². The molecule has 0 saturated carbocycles. The van der Waals surface area contributed by atoms with E-state index in [0.717, 1.165) is 16.7 Å². The van der Waals surface area contributed by atoms with Crippen LogP contribution in [0.3, 0.4) is 0 Å². The maximum absolute atomic E-state index is 13.8. The number of aliphatic hydroxyl groups excluding tert-OH is 1. The Kier molecular flexibility index (Phi) is 4.09. The molecule has 2 aromatic carbocycles. The highest BCUT2D eigenvalue weighted by Crippen LogP contribution is 2.30. The van der Waals surface area contributed by atoms with Gasteiger partial charge in [-0.25, -0.2) is 4.39 Å². The minimum atomic E-state index is -0.724. The summed E-state index contributed by atoms with van der Waals surface area (Å²) >= 11 is 0. The SMILES string of the molecule is Cc1ccc(C)c(C(C)(CO)Nc2ccccc2F)c1. The van der Waals surface area contributed by atoms with Crippen molar-refractivity contribution in [2.75, 3.05) is 11.9 Å². The molecule has 0 radical (unpaired) electrons. The molecular weight excluding hydrogens is 253 g/mol. The van der Waals surface area contributed by atoms with Crippen LogP contribution >= 0.6 is 0 Å². The van der Waals surface area contributed by atoms with Crippen LogP contribution in [-0.2, 0) is 5.54 Å². The van der Waals surface area contributed by atoms with Gasteiger partial charge < -0.3 is 10.4 Å². The summed E-state index contributed by atoms with van der Waals surface area (Å²) in [6.07, 6.45) is 0. The van der Waals surface area contributed by atoms with E-state index in [2.05, 4.69) is 5.32 Å². The molecule has 1 atom stereocenters. The van der Waals surface area contributed by atoms with Gasteiger partial charge in [0.2, 0.25) is 0 Å². The Hall–Kier alpha value is -1.87. The Morgan fingerprint density at radius 3 is 2.50 bits per heavy atom. The first-order valence-electron chi connectivity index (χ1n) is 6.67. The van der Waals surface area contributed by atoms with Crippen molar-refractivity contribution in [1.29, 1.82) is 0 Å². The lowest BCUT2D eigenvalue weighted by molar-refractivity contribution is 0.223. The Balaban J connectivity index is 2.43. The molecule has 2 aromatic rings. The van der Waals surface area contributed by atoms with Crippen molar-refractivity contribution in [1.82, 2.24) is 0 Å². The van der Waals surface area contributed by atoms with Gasteiger partial charge in [-0.05, 0) is 44.0 Å². The molecule has 0 aliphatic carbocycles. The number of para-hydroxylation sites is 1. The van der Waals surface area contributed by atoms with E-state index >= 15 is 0 Å². The molecule has 0 amide bonds. The summed E-state index contributed by atoms with van der Waals surface area (Å²) in [5.74, 6) is -0.322. The second-order valence-electron chi connectivity index (χ2n) is 5.41. The molecule has 0 fully saturated rings. The van der Waals surface area contributed by atoms with Crippen LogP contribution in [0.25, 0.3) is 0 Å². The zero-order chi connectivity index (χ0) is 14.8. The zero-order valence-corrected chi connectivity index (χ0v) is 12.1. The van der Waals surface area contributed by atoms with Gasteiger partial charge in [-0.3, -0.25) is 0 Å². The van der Waals surface area contributed by atoms with E-state index in [-0.39, 0.29) is 12.4 Å². The lowest BCUT2D eigenvalue weighted by atomic mass is 9.87. The number of nitrogens with one attached hydrogen (secondary N) is 1. The summed E-state index contributed by atoms with van der Waals surface area (Å²) < 4.78 is 13.8. The normalized spacial score (nSPS) is 13.8. The summed E-state index contributed by atoms with van der Waals surface area (Å²) in [5, 5.41) is 13.0. The van der Waals surface area contributed by atoms with E-state index in [1.54, 1.807) is 18.2 Å². The number of benzene rings is 2. The molecule has 2 nitrogen and oxygen atoms in total. The largest absolute Gasteiger partial charge is 0.394 e. The molecule has 106 valence electrons. The zero-order valence-electron chi connectivity index (χ0n) is 12.1. The Morgan fingerprint density at radius 1 is 1.15 bits per heavy atom. The third-order valence-electron chi connectivity index (χ3n) is 3.59. The molecule has 0 spiro atoms. The van der Waals surface area contributed by atoms with E-state index in [4.69, 9.17) is 0 Å². The highest BCUT2D eigenvalue weighted by Gasteiger charge is 2.28. The van der Waals surface area contributed by atoms with Gasteiger partial charge in [0.15, 0.2) is 0 Å². The molecule has 3 heteroatoms. The highest BCUT2D eigenvalue weighted by atomic mass is 19.1. The predicted molar refractivity (Wildman–Crippen MR) is 80.4 cm³/mol. The first-order chi connectivity index (χ1) is 9.46. The van der Waals surface area contributed by atoms with Crippen LogP contribution in [0.5, 0.6) is 0 Å². The fourth-order valence-corrected chi connectivity index (χ4v) is 2.38. The number of halogens is 1. The second kappa shape index (κ2) is 5.63. The monoisotopic (exact) mass is 273 g/mol. The summed E-state index contributed by atoms with van der Waals surface area (Å²) in [7, 11) is 0. The third-order valence-corrected chi connectivity index (χ3v) is 3.59. The molecule has 2 rings (SSSR count). The minimum Gasteiger partial charge on any atom is -0.394 e. The van der Waals surface area contributed by atoms with Gasteiger partial charge in [-0.2, -0.15) is 0 Å². The van der Waals surface area contributed by atoms with Crippen molar-refractivity contribution < 1.29 is 9.50 Å². The summed E-state index contributed by atoms with van der Waals surface area (Å²) in [5.41, 5.74) is 2.82. The molecule has 0 saturated heterocycles. The Bertz CT molecular complexity index is 612. The van der Waals surface area contributed by atoms with Crippen LogP contribution < -0.4 is 5.32 Å². The number of aliphatic hydroxyl groups is 1. The van der Waals surface area contributed by atoms with E-state index < -0.39 is 5.54 Å². The smallest absolute Gasteiger partial charge is 0.146 e. The van der Waals surface area contributed by atoms with E-state index in [0.29, 0.717) is 5.69 Å². The maximum atomic E-state index is 13.8. The van der Waals surface area contributed by atoms with Crippen molar-refractivity contribution in [3.63, 3.8) is 0 Å². The topological polar surface area (TPSA) is 32.3 Å². The quantitative estimate of drug-likeness (QED) is 0.889. The van der Waals surface area contributed by atoms with Crippen LogP contribution in [0.4, 0.5) is 10.1 Å². The summed E-state index contributed by atoms with van der Waals surface area (Å²) in [6.45, 7) is 5.75. The standard InChI is InChI=1S/C17H20FNO/c1-12-8-9-13(2)14(10-12)17(3,11-20)19-16-7-5-4-6-15(16)18/h4-10,19-20H,11H2,1-3H3. The van der Waals surface area contributed by atoms with Crippen molar-refractivity contribution in [3.05, 3.63) is 65.0 Å². The van der Waals surface area contributed by atoms with E-state index in [9.17, 15) is 9.50 Å². The van der Waals surface area contributed by atoms with Gasteiger partial charge in [0.1, 0.15) is 5.82 Å². The van der Waals surface area contributed by atoms with Gasteiger partial charge in [-0.1, -0.05) is 35.9 Å². The molecule has 0 bridgehead atoms. The number of aryl methyl sites for hydroxylation is 2. The highest BCUT2D eigenvalue weighted by molar-refractivity contribution is 5.50.